The minimum Gasteiger partial charge on any atom is -0.494 e. The summed E-state index contributed by atoms with van der Waals surface area (Å²) >= 11 is 0. The Hall–Kier alpha value is -4.44. The van der Waals surface area contributed by atoms with Crippen molar-refractivity contribution in [2.24, 2.45) is 5.92 Å². The molecule has 1 aromatic heterocycles. The van der Waals surface area contributed by atoms with Crippen LogP contribution < -0.4 is 4.74 Å². The van der Waals surface area contributed by atoms with Crippen molar-refractivity contribution in [1.82, 2.24) is 9.55 Å². The van der Waals surface area contributed by atoms with Crippen molar-refractivity contribution in [2.75, 3.05) is 6.61 Å². The summed E-state index contributed by atoms with van der Waals surface area (Å²) in [6.07, 6.45) is 5.75. The Balaban J connectivity index is 1.37. The number of Topliss-reactive ketones (excluding diaryl/α,β-unsaturated/α-hetero) is 1. The Labute approximate surface area is 230 Å². The van der Waals surface area contributed by atoms with Gasteiger partial charge in [0.1, 0.15) is 11.3 Å². The molecule has 0 bridgehead atoms. The number of ether oxygens (including phenoxy) is 1. The van der Waals surface area contributed by atoms with E-state index in [-0.39, 0.29) is 11.7 Å². The molecule has 0 aliphatic carbocycles. The van der Waals surface area contributed by atoms with Gasteiger partial charge in [0, 0.05) is 17.7 Å². The normalized spacial score (nSPS) is 11.5. The van der Waals surface area contributed by atoms with Crippen molar-refractivity contribution in [3.8, 4) is 5.75 Å². The van der Waals surface area contributed by atoms with Gasteiger partial charge in [-0.2, -0.15) is 0 Å². The first kappa shape index (κ1) is 26.2. The molecule has 0 aliphatic heterocycles. The zero-order valence-corrected chi connectivity index (χ0v) is 22.5. The second-order valence-corrected chi connectivity index (χ2v) is 10.1. The van der Waals surface area contributed by atoms with Crippen LogP contribution in [0.5, 0.6) is 5.75 Å². The largest absolute Gasteiger partial charge is 0.494 e. The Morgan fingerprint density at radius 1 is 0.769 bits per heavy atom. The number of aryl methyl sites for hydroxylation is 1. The minimum absolute atomic E-state index is 0.0130. The predicted molar refractivity (Wildman–Crippen MR) is 156 cm³/mol. The summed E-state index contributed by atoms with van der Waals surface area (Å²) in [4.78, 5) is 17.0. The van der Waals surface area contributed by atoms with Gasteiger partial charge < -0.3 is 9.30 Å². The quantitative estimate of drug-likeness (QED) is 0.104. The molecule has 5 rings (SSSR count). The second kappa shape index (κ2) is 12.0. The molecule has 0 N–H and O–H groups in total. The molecule has 0 aliphatic rings. The van der Waals surface area contributed by atoms with Crippen molar-refractivity contribution in [2.45, 2.75) is 32.2 Å². The zero-order chi connectivity index (χ0) is 27.1. The van der Waals surface area contributed by atoms with Crippen LogP contribution in [0, 0.1) is 5.92 Å². The van der Waals surface area contributed by atoms with E-state index >= 15 is 0 Å². The standard InChI is InChI=1S/C35H34N2O2/c1-27(2)34(38)28-20-22-33(23-21-28)39-24-12-19-32-25-37(26-36-32)35(29-13-6-3-7-14-29,30-15-8-4-9-16-30)31-17-10-5-11-18-31/h3-11,13-18,20-23,25-27H,12,19,24H2,1-2H3. The molecule has 0 atom stereocenters. The van der Waals surface area contributed by atoms with Crippen molar-refractivity contribution in [1.29, 1.82) is 0 Å². The average molecular weight is 515 g/mol. The molecule has 0 radical (unpaired) electrons. The number of nitrogens with zero attached hydrogens (tertiary/aromatic N) is 2. The lowest BCUT2D eigenvalue weighted by molar-refractivity contribution is 0.0939. The lowest BCUT2D eigenvalue weighted by Crippen LogP contribution is -2.36. The van der Waals surface area contributed by atoms with Gasteiger partial charge in [0.2, 0.25) is 0 Å². The summed E-state index contributed by atoms with van der Waals surface area (Å²) in [5.41, 5.74) is 4.71. The highest BCUT2D eigenvalue weighted by Gasteiger charge is 2.38. The van der Waals surface area contributed by atoms with E-state index in [4.69, 9.17) is 9.72 Å². The highest BCUT2D eigenvalue weighted by molar-refractivity contribution is 5.97. The molecule has 0 unspecified atom stereocenters. The zero-order valence-electron chi connectivity index (χ0n) is 22.5. The fourth-order valence-electron chi connectivity index (χ4n) is 5.15. The van der Waals surface area contributed by atoms with E-state index in [1.54, 1.807) is 0 Å². The third-order valence-corrected chi connectivity index (χ3v) is 7.11. The molecule has 0 saturated carbocycles. The van der Waals surface area contributed by atoms with Crippen LogP contribution in [-0.2, 0) is 12.0 Å². The molecule has 4 nitrogen and oxygen atoms in total. The summed E-state index contributed by atoms with van der Waals surface area (Å²) in [5, 5.41) is 0. The maximum Gasteiger partial charge on any atom is 0.165 e. The number of hydrogen-bond donors (Lipinski definition) is 0. The highest BCUT2D eigenvalue weighted by Crippen LogP contribution is 2.40. The van der Waals surface area contributed by atoms with Gasteiger partial charge in [-0.15, -0.1) is 0 Å². The SMILES string of the molecule is CC(C)C(=O)c1ccc(OCCCc2cn(C(c3ccccc3)(c3ccccc3)c3ccccc3)cn2)cc1. The molecule has 0 amide bonds. The molecule has 0 spiro atoms. The van der Waals surface area contributed by atoms with E-state index in [1.807, 2.05) is 44.4 Å². The fourth-order valence-corrected chi connectivity index (χ4v) is 5.15. The van der Waals surface area contributed by atoms with Gasteiger partial charge in [-0.25, -0.2) is 4.98 Å². The number of ketones is 1. The van der Waals surface area contributed by atoms with E-state index in [0.29, 0.717) is 6.61 Å². The number of aromatic nitrogens is 2. The van der Waals surface area contributed by atoms with Crippen LogP contribution in [-0.4, -0.2) is 21.9 Å². The van der Waals surface area contributed by atoms with E-state index in [0.717, 1.165) is 29.8 Å². The van der Waals surface area contributed by atoms with Crippen LogP contribution in [0.1, 0.15) is 53.0 Å². The molecule has 196 valence electrons. The second-order valence-electron chi connectivity index (χ2n) is 10.1. The summed E-state index contributed by atoms with van der Waals surface area (Å²) in [7, 11) is 0. The van der Waals surface area contributed by atoms with Gasteiger partial charge in [-0.1, -0.05) is 105 Å². The minimum atomic E-state index is -0.555. The molecule has 5 aromatic rings. The van der Waals surface area contributed by atoms with Gasteiger partial charge in [-0.3, -0.25) is 4.79 Å². The number of benzene rings is 4. The van der Waals surface area contributed by atoms with Crippen LogP contribution in [0.2, 0.25) is 0 Å². The topological polar surface area (TPSA) is 44.1 Å². The Morgan fingerprint density at radius 3 is 1.77 bits per heavy atom. The van der Waals surface area contributed by atoms with E-state index in [2.05, 4.69) is 102 Å². The smallest absolute Gasteiger partial charge is 0.165 e. The van der Waals surface area contributed by atoms with Crippen molar-refractivity contribution < 1.29 is 9.53 Å². The first-order valence-corrected chi connectivity index (χ1v) is 13.6. The summed E-state index contributed by atoms with van der Waals surface area (Å²) in [5.74, 6) is 0.910. The van der Waals surface area contributed by atoms with Crippen LogP contribution >= 0.6 is 0 Å². The summed E-state index contributed by atoms with van der Waals surface area (Å²) < 4.78 is 8.20. The van der Waals surface area contributed by atoms with E-state index < -0.39 is 5.54 Å². The Kier molecular flexibility index (Phi) is 8.02. The number of imidazole rings is 1. The molecular formula is C35H34N2O2. The average Bonchev–Trinajstić information content (AvgIpc) is 3.46. The lowest BCUT2D eigenvalue weighted by atomic mass is 9.77. The third-order valence-electron chi connectivity index (χ3n) is 7.11. The summed E-state index contributed by atoms with van der Waals surface area (Å²) in [6.45, 7) is 4.40. The van der Waals surface area contributed by atoms with Gasteiger partial charge in [-0.05, 0) is 53.8 Å². The lowest BCUT2D eigenvalue weighted by Gasteiger charge is -2.37. The molecule has 1 heterocycles. The fraction of sp³-hybridized carbons (Fsp3) is 0.200. The first-order valence-electron chi connectivity index (χ1n) is 13.6. The van der Waals surface area contributed by atoms with Gasteiger partial charge in [0.25, 0.3) is 0 Å². The molecule has 0 saturated heterocycles. The maximum atomic E-state index is 12.2. The monoisotopic (exact) mass is 514 g/mol. The maximum absolute atomic E-state index is 12.2. The molecule has 4 aromatic carbocycles. The number of carbonyl (C=O) groups excluding carboxylic acids is 1. The number of carbonyl (C=O) groups is 1. The molecule has 4 heteroatoms. The summed E-state index contributed by atoms with van der Waals surface area (Å²) in [6, 6.07) is 39.3. The van der Waals surface area contributed by atoms with Crippen LogP contribution in [0.3, 0.4) is 0 Å². The highest BCUT2D eigenvalue weighted by atomic mass is 16.5. The number of rotatable bonds is 11. The van der Waals surface area contributed by atoms with E-state index in [9.17, 15) is 4.79 Å². The third kappa shape index (κ3) is 5.56. The number of hydrogen-bond acceptors (Lipinski definition) is 3. The van der Waals surface area contributed by atoms with Gasteiger partial charge >= 0.3 is 0 Å². The van der Waals surface area contributed by atoms with Crippen molar-refractivity contribution >= 4 is 5.78 Å². The molecule has 0 fully saturated rings. The van der Waals surface area contributed by atoms with Crippen molar-refractivity contribution in [3.63, 3.8) is 0 Å². The Bertz CT molecular complexity index is 1380. The molecular weight excluding hydrogens is 480 g/mol. The van der Waals surface area contributed by atoms with Crippen LogP contribution in [0.25, 0.3) is 0 Å². The van der Waals surface area contributed by atoms with Crippen molar-refractivity contribution in [3.05, 3.63) is 156 Å². The van der Waals surface area contributed by atoms with Crippen LogP contribution in [0.15, 0.2) is 128 Å². The Morgan fingerprint density at radius 2 is 1.28 bits per heavy atom. The predicted octanol–water partition coefficient (Wildman–Crippen LogP) is 7.57. The van der Waals surface area contributed by atoms with Crippen LogP contribution in [0.4, 0.5) is 0 Å². The van der Waals surface area contributed by atoms with Gasteiger partial charge in [0.15, 0.2) is 5.78 Å². The molecule has 39 heavy (non-hydrogen) atoms. The first-order chi connectivity index (χ1) is 19.1. The van der Waals surface area contributed by atoms with Gasteiger partial charge in [0.05, 0.1) is 18.6 Å². The van der Waals surface area contributed by atoms with E-state index in [1.165, 1.54) is 16.7 Å².